The Morgan fingerprint density at radius 1 is 1.04 bits per heavy atom. The average molecular weight is 348 g/mol. The van der Waals surface area contributed by atoms with Crippen molar-refractivity contribution >= 4 is 50.8 Å². The Labute approximate surface area is 149 Å². The lowest BCUT2D eigenvalue weighted by Gasteiger charge is -2.19. The van der Waals surface area contributed by atoms with Crippen molar-refractivity contribution in [3.05, 3.63) is 60.7 Å². The fraction of sp³-hybridized carbons (Fsp3) is 0.105. The zero-order chi connectivity index (χ0) is 17.2. The van der Waals surface area contributed by atoms with Gasteiger partial charge in [0.15, 0.2) is 0 Å². The first-order chi connectivity index (χ1) is 12.2. The predicted octanol–water partition coefficient (Wildman–Crippen LogP) is 3.92. The third kappa shape index (κ3) is 3.16. The maximum atomic E-state index is 12.4. The second-order valence-electron chi connectivity index (χ2n) is 5.87. The molecular weight excluding hydrogens is 332 g/mol. The molecule has 0 saturated heterocycles. The van der Waals surface area contributed by atoms with E-state index in [1.807, 2.05) is 48.3 Å². The first-order valence-corrected chi connectivity index (χ1v) is 8.65. The van der Waals surface area contributed by atoms with Gasteiger partial charge < -0.3 is 10.2 Å². The second-order valence-corrected chi connectivity index (χ2v) is 6.40. The summed E-state index contributed by atoms with van der Waals surface area (Å²) in [4.78, 5) is 14.4. The van der Waals surface area contributed by atoms with Crippen LogP contribution >= 0.6 is 11.7 Å². The number of benzene rings is 3. The Bertz CT molecular complexity index is 1060. The van der Waals surface area contributed by atoms with Crippen LogP contribution in [0.5, 0.6) is 0 Å². The lowest BCUT2D eigenvalue weighted by atomic mass is 10.1. The highest BCUT2D eigenvalue weighted by atomic mass is 32.1. The number of aromatic nitrogens is 2. The quantitative estimate of drug-likeness (QED) is 0.607. The minimum Gasteiger partial charge on any atom is -0.365 e. The predicted molar refractivity (Wildman–Crippen MR) is 103 cm³/mol. The zero-order valence-electron chi connectivity index (χ0n) is 13.6. The standard InChI is InChI=1S/C19H16N4OS/c1-23(15-10-9-13-5-2-3-6-14(13)11-15)12-18(24)20-16-7-4-8-17-19(16)22-25-21-17/h2-11H,12H2,1H3,(H,20,24). The summed E-state index contributed by atoms with van der Waals surface area (Å²) >= 11 is 1.14. The van der Waals surface area contributed by atoms with Crippen LogP contribution in [0.25, 0.3) is 21.8 Å². The summed E-state index contributed by atoms with van der Waals surface area (Å²) in [6.07, 6.45) is 0. The molecule has 6 heteroatoms. The van der Waals surface area contributed by atoms with E-state index in [-0.39, 0.29) is 12.5 Å². The summed E-state index contributed by atoms with van der Waals surface area (Å²) in [5.74, 6) is -0.0869. The number of likely N-dealkylation sites (N-methyl/N-ethyl adjacent to an activating group) is 1. The summed E-state index contributed by atoms with van der Waals surface area (Å²) in [7, 11) is 1.91. The van der Waals surface area contributed by atoms with Crippen LogP contribution in [0.1, 0.15) is 0 Å². The highest BCUT2D eigenvalue weighted by Gasteiger charge is 2.11. The van der Waals surface area contributed by atoms with Crippen molar-refractivity contribution in [3.63, 3.8) is 0 Å². The Hall–Kier alpha value is -2.99. The number of hydrogen-bond donors (Lipinski definition) is 1. The number of carbonyl (C=O) groups is 1. The summed E-state index contributed by atoms with van der Waals surface area (Å²) in [6.45, 7) is 0.256. The Kier molecular flexibility index (Phi) is 4.03. The molecule has 0 radical (unpaired) electrons. The monoisotopic (exact) mass is 348 g/mol. The summed E-state index contributed by atoms with van der Waals surface area (Å²) in [6, 6.07) is 20.0. The van der Waals surface area contributed by atoms with Crippen LogP contribution < -0.4 is 10.2 Å². The highest BCUT2D eigenvalue weighted by Crippen LogP contribution is 2.23. The molecule has 0 fully saturated rings. The number of fused-ring (bicyclic) bond motifs is 2. The molecular formula is C19H16N4OS. The van der Waals surface area contributed by atoms with E-state index in [9.17, 15) is 4.79 Å². The van der Waals surface area contributed by atoms with E-state index >= 15 is 0 Å². The van der Waals surface area contributed by atoms with Gasteiger partial charge >= 0.3 is 0 Å². The van der Waals surface area contributed by atoms with Crippen molar-refractivity contribution in [2.24, 2.45) is 0 Å². The SMILES string of the molecule is CN(CC(=O)Nc1cccc2nsnc12)c1ccc2ccccc2c1. The molecule has 1 aromatic heterocycles. The van der Waals surface area contributed by atoms with Gasteiger partial charge in [-0.15, -0.1) is 0 Å². The molecule has 0 spiro atoms. The smallest absolute Gasteiger partial charge is 0.243 e. The van der Waals surface area contributed by atoms with Crippen molar-refractivity contribution in [3.8, 4) is 0 Å². The number of anilines is 2. The fourth-order valence-electron chi connectivity index (χ4n) is 2.82. The van der Waals surface area contributed by atoms with Crippen molar-refractivity contribution in [1.29, 1.82) is 0 Å². The topological polar surface area (TPSA) is 58.1 Å². The van der Waals surface area contributed by atoms with Gasteiger partial charge in [0.05, 0.1) is 24.0 Å². The molecule has 3 aromatic carbocycles. The number of nitrogens with one attached hydrogen (secondary N) is 1. The molecule has 0 atom stereocenters. The van der Waals surface area contributed by atoms with Crippen LogP contribution in [0, 0.1) is 0 Å². The number of nitrogens with zero attached hydrogens (tertiary/aromatic N) is 3. The molecule has 1 heterocycles. The van der Waals surface area contributed by atoms with E-state index in [4.69, 9.17) is 0 Å². The molecule has 1 N–H and O–H groups in total. The Morgan fingerprint density at radius 3 is 2.76 bits per heavy atom. The second kappa shape index (κ2) is 6.49. The average Bonchev–Trinajstić information content (AvgIpc) is 3.11. The van der Waals surface area contributed by atoms with Gasteiger partial charge in [-0.05, 0) is 35.0 Å². The first kappa shape index (κ1) is 15.5. The third-order valence-corrected chi connectivity index (χ3v) is 4.66. The van der Waals surface area contributed by atoms with Crippen LogP contribution in [0.3, 0.4) is 0 Å². The molecule has 0 aliphatic carbocycles. The van der Waals surface area contributed by atoms with Crippen LogP contribution in [-0.2, 0) is 4.79 Å². The van der Waals surface area contributed by atoms with Gasteiger partial charge in [-0.2, -0.15) is 8.75 Å². The van der Waals surface area contributed by atoms with Gasteiger partial charge in [0.25, 0.3) is 0 Å². The van der Waals surface area contributed by atoms with Gasteiger partial charge in [-0.3, -0.25) is 4.79 Å². The first-order valence-electron chi connectivity index (χ1n) is 7.92. The van der Waals surface area contributed by atoms with Gasteiger partial charge in [0.2, 0.25) is 5.91 Å². The van der Waals surface area contributed by atoms with E-state index in [0.717, 1.165) is 33.8 Å². The molecule has 25 heavy (non-hydrogen) atoms. The van der Waals surface area contributed by atoms with Crippen molar-refractivity contribution in [1.82, 2.24) is 8.75 Å². The van der Waals surface area contributed by atoms with E-state index in [0.29, 0.717) is 5.69 Å². The molecule has 0 aliphatic heterocycles. The maximum absolute atomic E-state index is 12.4. The van der Waals surface area contributed by atoms with Crippen LogP contribution in [0.2, 0.25) is 0 Å². The Balaban J connectivity index is 1.50. The minimum atomic E-state index is -0.0869. The van der Waals surface area contributed by atoms with Crippen molar-refractivity contribution < 1.29 is 4.79 Å². The maximum Gasteiger partial charge on any atom is 0.243 e. The molecule has 0 saturated carbocycles. The molecule has 0 unspecified atom stereocenters. The van der Waals surface area contributed by atoms with Crippen LogP contribution in [0.15, 0.2) is 60.7 Å². The van der Waals surface area contributed by atoms with E-state index in [1.165, 1.54) is 5.39 Å². The lowest BCUT2D eigenvalue weighted by Crippen LogP contribution is -2.30. The molecule has 4 rings (SSSR count). The number of rotatable bonds is 4. The summed E-state index contributed by atoms with van der Waals surface area (Å²) in [5, 5.41) is 5.28. The Morgan fingerprint density at radius 2 is 1.88 bits per heavy atom. The number of amides is 1. The van der Waals surface area contributed by atoms with Crippen LogP contribution in [-0.4, -0.2) is 28.2 Å². The highest BCUT2D eigenvalue weighted by molar-refractivity contribution is 7.00. The molecule has 0 bridgehead atoms. The molecule has 0 aliphatic rings. The molecule has 124 valence electrons. The number of carbonyl (C=O) groups excluding carboxylic acids is 1. The molecule has 1 amide bonds. The fourth-order valence-corrected chi connectivity index (χ4v) is 3.37. The van der Waals surface area contributed by atoms with Gasteiger partial charge in [-0.25, -0.2) is 0 Å². The normalized spacial score (nSPS) is 10.9. The number of hydrogen-bond acceptors (Lipinski definition) is 5. The van der Waals surface area contributed by atoms with Gasteiger partial charge in [0.1, 0.15) is 11.0 Å². The minimum absolute atomic E-state index is 0.0869. The largest absolute Gasteiger partial charge is 0.365 e. The van der Waals surface area contributed by atoms with E-state index in [1.54, 1.807) is 0 Å². The van der Waals surface area contributed by atoms with Gasteiger partial charge in [-0.1, -0.05) is 36.4 Å². The van der Waals surface area contributed by atoms with Crippen molar-refractivity contribution in [2.45, 2.75) is 0 Å². The molecule has 4 aromatic rings. The van der Waals surface area contributed by atoms with Crippen molar-refractivity contribution in [2.75, 3.05) is 23.8 Å². The summed E-state index contributed by atoms with van der Waals surface area (Å²) < 4.78 is 8.44. The van der Waals surface area contributed by atoms with E-state index in [2.05, 4.69) is 38.3 Å². The zero-order valence-corrected chi connectivity index (χ0v) is 14.5. The third-order valence-electron chi connectivity index (χ3n) is 4.11. The van der Waals surface area contributed by atoms with Gasteiger partial charge in [0, 0.05) is 12.7 Å². The lowest BCUT2D eigenvalue weighted by molar-refractivity contribution is -0.114. The summed E-state index contributed by atoms with van der Waals surface area (Å²) in [5.41, 5.74) is 3.23. The van der Waals surface area contributed by atoms with Crippen LogP contribution in [0.4, 0.5) is 11.4 Å². The molecule has 5 nitrogen and oxygen atoms in total. The van der Waals surface area contributed by atoms with E-state index < -0.39 is 0 Å².